The van der Waals surface area contributed by atoms with Gasteiger partial charge >= 0.3 is 5.97 Å². The van der Waals surface area contributed by atoms with Gasteiger partial charge < -0.3 is 16.2 Å². The quantitative estimate of drug-likeness (QED) is 0.660. The highest BCUT2D eigenvalue weighted by Crippen LogP contribution is 2.24. The van der Waals surface area contributed by atoms with E-state index in [1.54, 1.807) is 13.8 Å². The van der Waals surface area contributed by atoms with Gasteiger partial charge in [-0.1, -0.05) is 19.3 Å². The molecule has 5 heteroatoms. The molecule has 0 bridgehead atoms. The first-order valence-electron chi connectivity index (χ1n) is 6.60. The van der Waals surface area contributed by atoms with E-state index in [0.29, 0.717) is 6.42 Å². The normalized spacial score (nSPS) is 25.3. The van der Waals surface area contributed by atoms with E-state index in [4.69, 9.17) is 5.73 Å². The molecule has 0 radical (unpaired) electrons. The van der Waals surface area contributed by atoms with Gasteiger partial charge in [-0.3, -0.25) is 9.59 Å². The first kappa shape index (κ1) is 15.0. The van der Waals surface area contributed by atoms with E-state index >= 15 is 0 Å². The van der Waals surface area contributed by atoms with Crippen molar-refractivity contribution in [3.8, 4) is 0 Å². The fourth-order valence-corrected chi connectivity index (χ4v) is 2.45. The lowest BCUT2D eigenvalue weighted by molar-refractivity contribution is -0.143. The molecule has 5 nitrogen and oxygen atoms in total. The summed E-state index contributed by atoms with van der Waals surface area (Å²) < 4.78 is 0. The van der Waals surface area contributed by atoms with Crippen LogP contribution in [0.2, 0.25) is 0 Å². The summed E-state index contributed by atoms with van der Waals surface area (Å²) in [6.45, 7) is 3.57. The summed E-state index contributed by atoms with van der Waals surface area (Å²) in [5.41, 5.74) is 5.23. The molecule has 1 amide bonds. The number of hydrogen-bond acceptors (Lipinski definition) is 3. The molecule has 0 aromatic carbocycles. The monoisotopic (exact) mass is 256 g/mol. The molecule has 2 unspecified atom stereocenters. The van der Waals surface area contributed by atoms with Gasteiger partial charge in [-0.25, -0.2) is 0 Å². The molecule has 0 saturated heterocycles. The second-order valence-corrected chi connectivity index (χ2v) is 5.92. The van der Waals surface area contributed by atoms with Gasteiger partial charge in [0.15, 0.2) is 0 Å². The molecule has 0 aromatic rings. The number of nitrogens with one attached hydrogen (secondary N) is 1. The van der Waals surface area contributed by atoms with Crippen molar-refractivity contribution in [3.63, 3.8) is 0 Å². The molecule has 0 aromatic heterocycles. The van der Waals surface area contributed by atoms with E-state index in [9.17, 15) is 14.7 Å². The van der Waals surface area contributed by atoms with Crippen LogP contribution in [0, 0.1) is 5.92 Å². The Hall–Kier alpha value is -1.10. The Bertz CT molecular complexity index is 310. The van der Waals surface area contributed by atoms with E-state index in [1.807, 2.05) is 0 Å². The number of carboxylic acid groups (broad SMARTS) is 1. The van der Waals surface area contributed by atoms with Crippen LogP contribution in [-0.2, 0) is 9.59 Å². The number of rotatable bonds is 4. The SMILES string of the molecule is CC(C)(N)CC(=O)NC1CCCCCC1C(=O)O. The van der Waals surface area contributed by atoms with E-state index in [-0.39, 0.29) is 18.4 Å². The second kappa shape index (κ2) is 6.18. The van der Waals surface area contributed by atoms with Crippen molar-refractivity contribution in [2.45, 2.75) is 64.0 Å². The third kappa shape index (κ3) is 5.04. The molecular formula is C13H24N2O3. The van der Waals surface area contributed by atoms with Crippen molar-refractivity contribution in [2.24, 2.45) is 11.7 Å². The fourth-order valence-electron chi connectivity index (χ4n) is 2.45. The minimum Gasteiger partial charge on any atom is -0.481 e. The molecule has 0 heterocycles. The Labute approximate surface area is 108 Å². The molecule has 2 atom stereocenters. The number of carbonyl (C=O) groups is 2. The number of carbonyl (C=O) groups excluding carboxylic acids is 1. The maximum absolute atomic E-state index is 11.8. The van der Waals surface area contributed by atoms with Crippen molar-refractivity contribution in [1.82, 2.24) is 5.32 Å². The topological polar surface area (TPSA) is 92.4 Å². The minimum absolute atomic E-state index is 0.152. The van der Waals surface area contributed by atoms with Crippen LogP contribution in [0.1, 0.15) is 52.4 Å². The van der Waals surface area contributed by atoms with Crippen LogP contribution in [0.5, 0.6) is 0 Å². The van der Waals surface area contributed by atoms with Crippen LogP contribution < -0.4 is 11.1 Å². The molecule has 0 aliphatic heterocycles. The highest BCUT2D eigenvalue weighted by molar-refractivity contribution is 5.79. The van der Waals surface area contributed by atoms with Crippen LogP contribution in [0.25, 0.3) is 0 Å². The number of hydrogen-bond donors (Lipinski definition) is 3. The van der Waals surface area contributed by atoms with Gasteiger partial charge in [0.2, 0.25) is 5.91 Å². The number of carboxylic acids is 1. The number of nitrogens with two attached hydrogens (primary N) is 1. The molecule has 0 spiro atoms. The summed E-state index contributed by atoms with van der Waals surface area (Å²) in [6, 6.07) is -0.250. The van der Waals surface area contributed by atoms with Crippen molar-refractivity contribution in [3.05, 3.63) is 0 Å². The molecule has 1 fully saturated rings. The zero-order valence-corrected chi connectivity index (χ0v) is 11.2. The second-order valence-electron chi connectivity index (χ2n) is 5.92. The van der Waals surface area contributed by atoms with Gasteiger partial charge in [0.05, 0.1) is 5.92 Å². The molecule has 1 aliphatic rings. The van der Waals surface area contributed by atoms with Crippen molar-refractivity contribution >= 4 is 11.9 Å². The van der Waals surface area contributed by atoms with E-state index < -0.39 is 17.4 Å². The lowest BCUT2D eigenvalue weighted by Gasteiger charge is -2.25. The summed E-state index contributed by atoms with van der Waals surface area (Å²) in [5, 5.41) is 12.1. The standard InChI is InChI=1S/C13H24N2O3/c1-13(2,14)8-11(16)15-10-7-5-3-4-6-9(10)12(17)18/h9-10H,3-8,14H2,1-2H3,(H,15,16)(H,17,18). The number of aliphatic carboxylic acids is 1. The van der Waals surface area contributed by atoms with Crippen LogP contribution in [0.3, 0.4) is 0 Å². The predicted molar refractivity (Wildman–Crippen MR) is 69.0 cm³/mol. The van der Waals surface area contributed by atoms with Gasteiger partial charge in [0, 0.05) is 18.0 Å². The summed E-state index contributed by atoms with van der Waals surface area (Å²) in [7, 11) is 0. The highest BCUT2D eigenvalue weighted by Gasteiger charge is 2.31. The minimum atomic E-state index is -0.811. The summed E-state index contributed by atoms with van der Waals surface area (Å²) in [6.07, 6.45) is 4.54. The Morgan fingerprint density at radius 1 is 1.28 bits per heavy atom. The third-order valence-corrected chi connectivity index (χ3v) is 3.30. The molecular weight excluding hydrogens is 232 g/mol. The predicted octanol–water partition coefficient (Wildman–Crippen LogP) is 1.26. The van der Waals surface area contributed by atoms with Crippen molar-refractivity contribution in [2.75, 3.05) is 0 Å². The van der Waals surface area contributed by atoms with Crippen LogP contribution in [-0.4, -0.2) is 28.6 Å². The van der Waals surface area contributed by atoms with Gasteiger partial charge in [-0.05, 0) is 26.7 Å². The molecule has 104 valence electrons. The maximum Gasteiger partial charge on any atom is 0.308 e. The number of amides is 1. The average Bonchev–Trinajstić information content (AvgIpc) is 2.39. The van der Waals surface area contributed by atoms with Gasteiger partial charge in [-0.2, -0.15) is 0 Å². The highest BCUT2D eigenvalue weighted by atomic mass is 16.4. The van der Waals surface area contributed by atoms with E-state index in [1.165, 1.54) is 0 Å². The smallest absolute Gasteiger partial charge is 0.308 e. The summed E-state index contributed by atoms with van der Waals surface area (Å²) >= 11 is 0. The lowest BCUT2D eigenvalue weighted by Crippen LogP contribution is -2.46. The van der Waals surface area contributed by atoms with Gasteiger partial charge in [0.25, 0.3) is 0 Å². The van der Waals surface area contributed by atoms with Gasteiger partial charge in [0.1, 0.15) is 0 Å². The summed E-state index contributed by atoms with van der Waals surface area (Å²) in [4.78, 5) is 23.0. The lowest BCUT2D eigenvalue weighted by atomic mass is 9.94. The van der Waals surface area contributed by atoms with E-state index in [2.05, 4.69) is 5.32 Å². The molecule has 4 N–H and O–H groups in total. The Balaban J connectivity index is 2.60. The molecule has 18 heavy (non-hydrogen) atoms. The third-order valence-electron chi connectivity index (χ3n) is 3.30. The van der Waals surface area contributed by atoms with E-state index in [0.717, 1.165) is 25.7 Å². The average molecular weight is 256 g/mol. The van der Waals surface area contributed by atoms with Crippen LogP contribution >= 0.6 is 0 Å². The zero-order chi connectivity index (χ0) is 13.8. The maximum atomic E-state index is 11.8. The molecule has 1 aliphatic carbocycles. The van der Waals surface area contributed by atoms with Gasteiger partial charge in [-0.15, -0.1) is 0 Å². The Kier molecular flexibility index (Phi) is 5.14. The Morgan fingerprint density at radius 2 is 1.89 bits per heavy atom. The van der Waals surface area contributed by atoms with Crippen LogP contribution in [0.4, 0.5) is 0 Å². The molecule has 1 rings (SSSR count). The molecule has 1 saturated carbocycles. The van der Waals surface area contributed by atoms with Crippen molar-refractivity contribution in [1.29, 1.82) is 0 Å². The summed E-state index contributed by atoms with van der Waals surface area (Å²) in [5.74, 6) is -1.42. The largest absolute Gasteiger partial charge is 0.481 e. The first-order chi connectivity index (χ1) is 8.29. The fraction of sp³-hybridized carbons (Fsp3) is 0.846. The zero-order valence-electron chi connectivity index (χ0n) is 11.2. The van der Waals surface area contributed by atoms with Crippen molar-refractivity contribution < 1.29 is 14.7 Å². The Morgan fingerprint density at radius 3 is 2.44 bits per heavy atom. The van der Waals surface area contributed by atoms with Crippen LogP contribution in [0.15, 0.2) is 0 Å². The first-order valence-corrected chi connectivity index (χ1v) is 6.60.